The molecule has 0 aromatic heterocycles. The molecule has 33 heavy (non-hydrogen) atoms. The van der Waals surface area contributed by atoms with Gasteiger partial charge in [-0.25, -0.2) is 0 Å². The summed E-state index contributed by atoms with van der Waals surface area (Å²) in [5.41, 5.74) is 2.26. The van der Waals surface area contributed by atoms with Gasteiger partial charge in [0.1, 0.15) is 5.75 Å². The minimum atomic E-state index is -0.174. The monoisotopic (exact) mass is 442 g/mol. The lowest BCUT2D eigenvalue weighted by Gasteiger charge is -2.41. The number of carbonyl (C=O) groups excluding carboxylic acids is 2. The van der Waals surface area contributed by atoms with E-state index in [-0.39, 0.29) is 23.3 Å². The van der Waals surface area contributed by atoms with Gasteiger partial charge in [-0.05, 0) is 55.5 Å². The highest BCUT2D eigenvalue weighted by atomic mass is 16.5. The molecule has 0 unspecified atom stereocenters. The molecule has 0 radical (unpaired) electrons. The third-order valence-corrected chi connectivity index (χ3v) is 6.64. The smallest absolute Gasteiger partial charge is 0.255 e. The molecule has 4 rings (SSSR count). The lowest BCUT2D eigenvalue weighted by molar-refractivity contribution is 0.0909. The van der Waals surface area contributed by atoms with Gasteiger partial charge in [0.2, 0.25) is 0 Å². The molecule has 0 bridgehead atoms. The Kier molecular flexibility index (Phi) is 7.08. The van der Waals surface area contributed by atoms with Crippen LogP contribution in [0.2, 0.25) is 0 Å². The van der Waals surface area contributed by atoms with Crippen LogP contribution < -0.4 is 15.4 Å². The van der Waals surface area contributed by atoms with Crippen molar-refractivity contribution < 1.29 is 14.3 Å². The van der Waals surface area contributed by atoms with Crippen LogP contribution in [0.3, 0.4) is 0 Å². The first kappa shape index (κ1) is 22.6. The Labute approximate surface area is 195 Å². The van der Waals surface area contributed by atoms with Gasteiger partial charge in [-0.2, -0.15) is 0 Å². The first-order valence-corrected chi connectivity index (χ1v) is 11.4. The molecule has 2 N–H and O–H groups in total. The van der Waals surface area contributed by atoms with Gasteiger partial charge in [0.05, 0.1) is 12.7 Å². The van der Waals surface area contributed by atoms with Crippen LogP contribution in [0.4, 0.5) is 0 Å². The van der Waals surface area contributed by atoms with Gasteiger partial charge in [-0.1, -0.05) is 60.7 Å². The zero-order valence-electron chi connectivity index (χ0n) is 18.9. The van der Waals surface area contributed by atoms with Gasteiger partial charge in [-0.15, -0.1) is 0 Å². The molecule has 0 aliphatic heterocycles. The predicted octanol–water partition coefficient (Wildman–Crippen LogP) is 4.74. The molecule has 3 aromatic carbocycles. The molecule has 5 heteroatoms. The summed E-state index contributed by atoms with van der Waals surface area (Å²) < 4.78 is 5.35. The Morgan fingerprint density at radius 1 is 0.848 bits per heavy atom. The summed E-state index contributed by atoms with van der Waals surface area (Å²) in [5, 5.41) is 6.35. The van der Waals surface area contributed by atoms with Crippen LogP contribution in [0.1, 0.15) is 52.0 Å². The molecule has 0 spiro atoms. The van der Waals surface area contributed by atoms with Gasteiger partial charge >= 0.3 is 0 Å². The Hall–Kier alpha value is -3.60. The largest absolute Gasteiger partial charge is 0.496 e. The molecular weight excluding hydrogens is 412 g/mol. The van der Waals surface area contributed by atoms with E-state index in [1.807, 2.05) is 60.7 Å². The second-order valence-corrected chi connectivity index (χ2v) is 8.64. The lowest BCUT2D eigenvalue weighted by atomic mass is 9.68. The number of methoxy groups -OCH3 is 1. The molecule has 3 aromatic rings. The molecule has 1 aliphatic carbocycles. The van der Waals surface area contributed by atoms with Crippen molar-refractivity contribution >= 4 is 11.8 Å². The van der Waals surface area contributed by atoms with E-state index in [0.717, 1.165) is 25.7 Å². The van der Waals surface area contributed by atoms with Crippen LogP contribution in [-0.4, -0.2) is 31.5 Å². The number of para-hydroxylation sites is 1. The van der Waals surface area contributed by atoms with Gasteiger partial charge in [0.25, 0.3) is 11.8 Å². The van der Waals surface area contributed by atoms with Crippen LogP contribution in [0.25, 0.3) is 0 Å². The van der Waals surface area contributed by atoms with Crippen molar-refractivity contribution in [1.29, 1.82) is 0 Å². The molecule has 170 valence electrons. The Balaban J connectivity index is 1.45. The number of benzene rings is 3. The van der Waals surface area contributed by atoms with Crippen LogP contribution >= 0.6 is 0 Å². The van der Waals surface area contributed by atoms with E-state index in [1.54, 1.807) is 19.2 Å². The van der Waals surface area contributed by atoms with E-state index in [1.165, 1.54) is 5.56 Å². The second-order valence-electron chi connectivity index (χ2n) is 8.64. The average molecular weight is 443 g/mol. The van der Waals surface area contributed by atoms with Crippen LogP contribution in [0.5, 0.6) is 5.75 Å². The average Bonchev–Trinajstić information content (AvgIpc) is 2.89. The van der Waals surface area contributed by atoms with E-state index in [4.69, 9.17) is 4.74 Å². The van der Waals surface area contributed by atoms with Gasteiger partial charge in [-0.3, -0.25) is 9.59 Å². The summed E-state index contributed by atoms with van der Waals surface area (Å²) in [6.07, 6.45) is 3.47. The van der Waals surface area contributed by atoms with Crippen molar-refractivity contribution in [2.24, 2.45) is 0 Å². The first-order chi connectivity index (χ1) is 16.1. The van der Waals surface area contributed by atoms with Crippen molar-refractivity contribution in [3.05, 3.63) is 102 Å². The van der Waals surface area contributed by atoms with Crippen molar-refractivity contribution in [2.75, 3.05) is 13.7 Å². The predicted molar refractivity (Wildman–Crippen MR) is 130 cm³/mol. The second kappa shape index (κ2) is 10.3. The van der Waals surface area contributed by atoms with Crippen LogP contribution in [-0.2, 0) is 5.41 Å². The molecule has 2 amide bonds. The Bertz CT molecular complexity index is 1070. The Morgan fingerprint density at radius 2 is 1.45 bits per heavy atom. The van der Waals surface area contributed by atoms with Gasteiger partial charge in [0.15, 0.2) is 0 Å². The SMILES string of the molecule is COc1ccccc1C(=O)NC[C@]1(c2ccccc2)CC[C@@H](NC(=O)c2ccccc2)CC1. The topological polar surface area (TPSA) is 67.4 Å². The number of amides is 2. The third-order valence-electron chi connectivity index (χ3n) is 6.64. The van der Waals surface area contributed by atoms with E-state index < -0.39 is 0 Å². The minimum Gasteiger partial charge on any atom is -0.496 e. The summed E-state index contributed by atoms with van der Waals surface area (Å²) in [4.78, 5) is 25.6. The lowest BCUT2D eigenvalue weighted by Crippen LogP contribution is -2.47. The van der Waals surface area contributed by atoms with E-state index in [9.17, 15) is 9.59 Å². The quantitative estimate of drug-likeness (QED) is 0.556. The number of ether oxygens (including phenoxy) is 1. The fourth-order valence-corrected chi connectivity index (χ4v) is 4.71. The molecule has 1 fully saturated rings. The number of nitrogens with one attached hydrogen (secondary N) is 2. The zero-order valence-corrected chi connectivity index (χ0v) is 18.9. The molecule has 1 aliphatic rings. The number of hydrogen-bond acceptors (Lipinski definition) is 3. The highest BCUT2D eigenvalue weighted by Crippen LogP contribution is 2.39. The fourth-order valence-electron chi connectivity index (χ4n) is 4.71. The van der Waals surface area contributed by atoms with Gasteiger partial charge < -0.3 is 15.4 Å². The number of rotatable bonds is 7. The molecule has 0 atom stereocenters. The van der Waals surface area contributed by atoms with Gasteiger partial charge in [0, 0.05) is 23.6 Å². The maximum Gasteiger partial charge on any atom is 0.255 e. The maximum absolute atomic E-state index is 13.0. The molecule has 5 nitrogen and oxygen atoms in total. The summed E-state index contributed by atoms with van der Waals surface area (Å²) in [7, 11) is 1.57. The Morgan fingerprint density at radius 3 is 2.12 bits per heavy atom. The fraction of sp³-hybridized carbons (Fsp3) is 0.286. The molecule has 1 saturated carbocycles. The standard InChI is InChI=1S/C28H30N2O3/c1-33-25-15-9-8-14-24(25)27(32)29-20-28(22-12-6-3-7-13-22)18-16-23(17-19-28)30-26(31)21-10-4-2-5-11-21/h2-15,23H,16-20H2,1H3,(H,29,32)(H,30,31)/t23-,28+. The summed E-state index contributed by atoms with van der Waals surface area (Å²) >= 11 is 0. The molecular formula is C28H30N2O3. The number of hydrogen-bond donors (Lipinski definition) is 2. The first-order valence-electron chi connectivity index (χ1n) is 11.4. The highest BCUT2D eigenvalue weighted by molar-refractivity contribution is 5.97. The van der Waals surface area contributed by atoms with E-state index in [2.05, 4.69) is 22.8 Å². The van der Waals surface area contributed by atoms with Crippen LogP contribution in [0.15, 0.2) is 84.9 Å². The molecule has 0 saturated heterocycles. The highest BCUT2D eigenvalue weighted by Gasteiger charge is 2.37. The van der Waals surface area contributed by atoms with Crippen molar-refractivity contribution in [2.45, 2.75) is 37.1 Å². The maximum atomic E-state index is 13.0. The van der Waals surface area contributed by atoms with Crippen molar-refractivity contribution in [1.82, 2.24) is 10.6 Å². The summed E-state index contributed by atoms with van der Waals surface area (Å²) in [6, 6.07) is 27.1. The third kappa shape index (κ3) is 5.25. The summed E-state index contributed by atoms with van der Waals surface area (Å²) in [6.45, 7) is 0.535. The zero-order chi connectivity index (χ0) is 23.1. The summed E-state index contributed by atoms with van der Waals surface area (Å²) in [5.74, 6) is 0.399. The number of carbonyl (C=O) groups is 2. The van der Waals surface area contributed by atoms with E-state index in [0.29, 0.717) is 23.4 Å². The molecule has 0 heterocycles. The van der Waals surface area contributed by atoms with Crippen LogP contribution in [0, 0.1) is 0 Å². The van der Waals surface area contributed by atoms with Crippen molar-refractivity contribution in [3.63, 3.8) is 0 Å². The van der Waals surface area contributed by atoms with Crippen molar-refractivity contribution in [3.8, 4) is 5.75 Å². The minimum absolute atomic E-state index is 0.0303. The normalized spacial score (nSPS) is 20.0. The van der Waals surface area contributed by atoms with E-state index >= 15 is 0 Å².